The molecule has 0 atom stereocenters. The molecule has 0 saturated carbocycles. The molecule has 4 heteroatoms. The zero-order chi connectivity index (χ0) is 12.8. The number of carbonyl (C=O) groups is 1. The predicted molar refractivity (Wildman–Crippen MR) is 77.3 cm³/mol. The number of nitrogens with one attached hydrogen (secondary N) is 2. The summed E-state index contributed by atoms with van der Waals surface area (Å²) in [5.41, 5.74) is 2.30. The van der Waals surface area contributed by atoms with Gasteiger partial charge in [-0.2, -0.15) is 0 Å². The van der Waals surface area contributed by atoms with Crippen LogP contribution in [0.25, 0.3) is 0 Å². The molecule has 0 aliphatic carbocycles. The lowest BCUT2D eigenvalue weighted by atomic mass is 10.1. The Balaban J connectivity index is 1.86. The van der Waals surface area contributed by atoms with Crippen LogP contribution in [-0.4, -0.2) is 24.7 Å². The van der Waals surface area contributed by atoms with E-state index in [4.69, 9.17) is 0 Å². The second-order valence-corrected chi connectivity index (χ2v) is 5.50. The molecule has 1 heterocycles. The topological polar surface area (TPSA) is 41.1 Å². The molecular weight excluding hydrogens is 244 g/mol. The number of unbranched alkanes of at least 4 members (excludes halogenated alkanes) is 1. The fourth-order valence-corrected chi connectivity index (χ4v) is 2.83. The van der Waals surface area contributed by atoms with E-state index in [1.807, 2.05) is 0 Å². The number of hydrogen-bond acceptors (Lipinski definition) is 3. The average molecular weight is 264 g/mol. The fourth-order valence-electron chi connectivity index (χ4n) is 2.04. The lowest BCUT2D eigenvalue weighted by Crippen LogP contribution is -2.18. The highest BCUT2D eigenvalue weighted by molar-refractivity contribution is 8.00. The number of carbonyl (C=O) groups excluding carboxylic acids is 1. The Hall–Kier alpha value is -1.000. The second kappa shape index (κ2) is 6.81. The van der Waals surface area contributed by atoms with Gasteiger partial charge in [-0.15, -0.1) is 11.8 Å². The number of thioether (sulfide) groups is 1. The van der Waals surface area contributed by atoms with Crippen LogP contribution in [0.3, 0.4) is 0 Å². The van der Waals surface area contributed by atoms with Crippen LogP contribution in [0.1, 0.15) is 25.3 Å². The van der Waals surface area contributed by atoms with Crippen LogP contribution in [0.5, 0.6) is 0 Å². The van der Waals surface area contributed by atoms with Gasteiger partial charge < -0.3 is 10.6 Å². The standard InChI is InChI=1S/C14H20N2OS/c1-2-15-8-4-3-5-11-6-7-13-12(9-11)16-14(17)10-18-13/h6-7,9,15H,2-5,8,10H2,1H3,(H,16,17). The molecule has 0 spiro atoms. The van der Waals surface area contributed by atoms with E-state index in [1.54, 1.807) is 11.8 Å². The summed E-state index contributed by atoms with van der Waals surface area (Å²) in [5.74, 6) is 0.645. The molecule has 0 aromatic heterocycles. The van der Waals surface area contributed by atoms with Crippen molar-refractivity contribution < 1.29 is 4.79 Å². The normalized spacial score (nSPS) is 14.2. The lowest BCUT2D eigenvalue weighted by molar-refractivity contribution is -0.113. The number of anilines is 1. The average Bonchev–Trinajstić information content (AvgIpc) is 2.38. The van der Waals surface area contributed by atoms with Crippen LogP contribution >= 0.6 is 11.8 Å². The summed E-state index contributed by atoms with van der Waals surface area (Å²) in [4.78, 5) is 12.5. The van der Waals surface area contributed by atoms with Crippen molar-refractivity contribution in [2.75, 3.05) is 24.2 Å². The first-order valence-corrected chi connectivity index (χ1v) is 7.54. The van der Waals surface area contributed by atoms with Gasteiger partial charge in [0.15, 0.2) is 0 Å². The largest absolute Gasteiger partial charge is 0.324 e. The maximum atomic E-state index is 11.3. The van der Waals surface area contributed by atoms with Gasteiger partial charge in [-0.05, 0) is 50.0 Å². The maximum absolute atomic E-state index is 11.3. The highest BCUT2D eigenvalue weighted by atomic mass is 32.2. The summed E-state index contributed by atoms with van der Waals surface area (Å²) in [6.45, 7) is 4.26. The molecule has 1 amide bonds. The van der Waals surface area contributed by atoms with Gasteiger partial charge in [0.1, 0.15) is 0 Å². The zero-order valence-electron chi connectivity index (χ0n) is 10.8. The van der Waals surface area contributed by atoms with Crippen molar-refractivity contribution in [1.29, 1.82) is 0 Å². The van der Waals surface area contributed by atoms with Crippen molar-refractivity contribution in [2.24, 2.45) is 0 Å². The molecule has 2 rings (SSSR count). The maximum Gasteiger partial charge on any atom is 0.234 e. The summed E-state index contributed by atoms with van der Waals surface area (Å²) in [5, 5.41) is 6.27. The summed E-state index contributed by atoms with van der Waals surface area (Å²) in [6, 6.07) is 6.42. The third-order valence-electron chi connectivity index (χ3n) is 3.00. The molecular formula is C14H20N2OS. The van der Waals surface area contributed by atoms with Gasteiger partial charge >= 0.3 is 0 Å². The SMILES string of the molecule is CCNCCCCc1ccc2c(c1)NC(=O)CS2. The highest BCUT2D eigenvalue weighted by Crippen LogP contribution is 2.32. The smallest absolute Gasteiger partial charge is 0.234 e. The van der Waals surface area contributed by atoms with E-state index >= 15 is 0 Å². The van der Waals surface area contributed by atoms with Crippen LogP contribution in [0, 0.1) is 0 Å². The van der Waals surface area contributed by atoms with Crippen molar-refractivity contribution in [1.82, 2.24) is 5.32 Å². The van der Waals surface area contributed by atoms with Gasteiger partial charge in [0, 0.05) is 4.90 Å². The Morgan fingerprint density at radius 1 is 1.39 bits per heavy atom. The molecule has 0 fully saturated rings. The van der Waals surface area contributed by atoms with Gasteiger partial charge in [0.25, 0.3) is 0 Å². The minimum Gasteiger partial charge on any atom is -0.324 e. The van der Waals surface area contributed by atoms with Crippen molar-refractivity contribution in [3.8, 4) is 0 Å². The summed E-state index contributed by atoms with van der Waals surface area (Å²) < 4.78 is 0. The van der Waals surface area contributed by atoms with E-state index in [0.29, 0.717) is 5.75 Å². The third-order valence-corrected chi connectivity index (χ3v) is 4.07. The Morgan fingerprint density at radius 3 is 3.11 bits per heavy atom. The van der Waals surface area contributed by atoms with Crippen LogP contribution in [-0.2, 0) is 11.2 Å². The molecule has 1 aromatic rings. The van der Waals surface area contributed by atoms with Gasteiger partial charge in [-0.1, -0.05) is 13.0 Å². The molecule has 0 bridgehead atoms. The number of amides is 1. The predicted octanol–water partition coefficient (Wildman–Crippen LogP) is 2.66. The monoisotopic (exact) mass is 264 g/mol. The first kappa shape index (κ1) is 13.4. The van der Waals surface area contributed by atoms with Gasteiger partial charge in [0.05, 0.1) is 11.4 Å². The van der Waals surface area contributed by atoms with E-state index in [2.05, 4.69) is 35.8 Å². The Kier molecular flexibility index (Phi) is 5.08. The Bertz CT molecular complexity index is 420. The first-order valence-electron chi connectivity index (χ1n) is 6.56. The molecule has 0 unspecified atom stereocenters. The molecule has 0 radical (unpaired) electrons. The minimum atomic E-state index is 0.108. The summed E-state index contributed by atoms with van der Waals surface area (Å²) >= 11 is 1.62. The van der Waals surface area contributed by atoms with Crippen molar-refractivity contribution in [3.05, 3.63) is 23.8 Å². The molecule has 2 N–H and O–H groups in total. The fraction of sp³-hybridized carbons (Fsp3) is 0.500. The lowest BCUT2D eigenvalue weighted by Gasteiger charge is -2.17. The number of rotatable bonds is 6. The first-order chi connectivity index (χ1) is 8.79. The van der Waals surface area contributed by atoms with Crippen molar-refractivity contribution in [3.63, 3.8) is 0 Å². The van der Waals surface area contributed by atoms with Gasteiger partial charge in [-0.3, -0.25) is 4.79 Å². The summed E-state index contributed by atoms with van der Waals surface area (Å²) in [6.07, 6.45) is 3.47. The van der Waals surface area contributed by atoms with Gasteiger partial charge in [0.2, 0.25) is 5.91 Å². The molecule has 98 valence electrons. The molecule has 1 aliphatic heterocycles. The van der Waals surface area contributed by atoms with Gasteiger partial charge in [-0.25, -0.2) is 0 Å². The Morgan fingerprint density at radius 2 is 2.28 bits per heavy atom. The summed E-state index contributed by atoms with van der Waals surface area (Å²) in [7, 11) is 0. The molecule has 1 aliphatic rings. The van der Waals surface area contributed by atoms with E-state index in [9.17, 15) is 4.79 Å². The van der Waals surface area contributed by atoms with Crippen molar-refractivity contribution in [2.45, 2.75) is 31.1 Å². The van der Waals surface area contributed by atoms with E-state index in [-0.39, 0.29) is 5.91 Å². The second-order valence-electron chi connectivity index (χ2n) is 4.48. The highest BCUT2D eigenvalue weighted by Gasteiger charge is 2.14. The van der Waals surface area contributed by atoms with E-state index in [1.165, 1.54) is 23.3 Å². The van der Waals surface area contributed by atoms with Crippen LogP contribution in [0.2, 0.25) is 0 Å². The molecule has 18 heavy (non-hydrogen) atoms. The zero-order valence-corrected chi connectivity index (χ0v) is 11.6. The molecule has 1 aromatic carbocycles. The van der Waals surface area contributed by atoms with Crippen LogP contribution in [0.4, 0.5) is 5.69 Å². The van der Waals surface area contributed by atoms with Crippen LogP contribution in [0.15, 0.2) is 23.1 Å². The number of hydrogen-bond donors (Lipinski definition) is 2. The number of benzene rings is 1. The quantitative estimate of drug-likeness (QED) is 0.776. The molecule has 0 saturated heterocycles. The minimum absolute atomic E-state index is 0.108. The Labute approximate surface area is 113 Å². The van der Waals surface area contributed by atoms with Crippen molar-refractivity contribution >= 4 is 23.4 Å². The van der Waals surface area contributed by atoms with E-state index in [0.717, 1.165) is 25.2 Å². The molecule has 3 nitrogen and oxygen atoms in total. The number of aryl methyl sites for hydroxylation is 1. The third kappa shape index (κ3) is 3.75. The van der Waals surface area contributed by atoms with Crippen LogP contribution < -0.4 is 10.6 Å². The number of fused-ring (bicyclic) bond motifs is 1. The van der Waals surface area contributed by atoms with E-state index < -0.39 is 0 Å².